The molecular weight excluding hydrogens is 200 g/mol. The molecule has 0 aromatic carbocycles. The van der Waals surface area contributed by atoms with Crippen molar-refractivity contribution in [2.45, 2.75) is 25.8 Å². The van der Waals surface area contributed by atoms with E-state index in [0.29, 0.717) is 0 Å². The average Bonchev–Trinajstić information content (AvgIpc) is 2.62. The molecule has 1 aromatic rings. The summed E-state index contributed by atoms with van der Waals surface area (Å²) in [5, 5.41) is 1.13. The van der Waals surface area contributed by atoms with Crippen molar-refractivity contribution < 1.29 is 0 Å². The zero-order valence-electron chi connectivity index (χ0n) is 7.96. The van der Waals surface area contributed by atoms with Crippen LogP contribution in [-0.2, 0) is 5.54 Å². The predicted octanol–water partition coefficient (Wildman–Crippen LogP) is 2.05. The highest BCUT2D eigenvalue weighted by Crippen LogP contribution is 2.37. The number of aryl methyl sites for hydroxylation is 2. The fourth-order valence-electron chi connectivity index (χ4n) is 1.44. The summed E-state index contributed by atoms with van der Waals surface area (Å²) in [6, 6.07) is 0. The fourth-order valence-corrected chi connectivity index (χ4v) is 3.87. The number of hydrogen-bond donors (Lipinski definition) is 1. The van der Waals surface area contributed by atoms with Crippen molar-refractivity contribution in [3.63, 3.8) is 0 Å². The lowest BCUT2D eigenvalue weighted by atomic mass is 10.0. The molecule has 2 heterocycles. The number of thioether (sulfide) groups is 1. The smallest absolute Gasteiger partial charge is 0.114 e. The Labute approximate surface area is 86.9 Å². The van der Waals surface area contributed by atoms with E-state index >= 15 is 0 Å². The highest BCUT2D eigenvalue weighted by atomic mass is 32.2. The molecule has 0 aliphatic carbocycles. The van der Waals surface area contributed by atoms with Crippen LogP contribution in [0, 0.1) is 13.8 Å². The SMILES string of the molecule is Cc1nc(C2(N)CCSC2)sc1C. The first-order valence-electron chi connectivity index (χ1n) is 4.43. The topological polar surface area (TPSA) is 38.9 Å². The minimum atomic E-state index is -0.131. The van der Waals surface area contributed by atoms with Gasteiger partial charge in [0.1, 0.15) is 5.01 Å². The Balaban J connectivity index is 2.34. The largest absolute Gasteiger partial charge is 0.319 e. The van der Waals surface area contributed by atoms with E-state index in [2.05, 4.69) is 18.8 Å². The predicted molar refractivity (Wildman–Crippen MR) is 59.4 cm³/mol. The lowest BCUT2D eigenvalue weighted by Gasteiger charge is -2.18. The molecule has 2 rings (SSSR count). The number of nitrogens with zero attached hydrogens (tertiary/aromatic N) is 1. The van der Waals surface area contributed by atoms with Crippen LogP contribution in [0.2, 0.25) is 0 Å². The van der Waals surface area contributed by atoms with Crippen molar-refractivity contribution in [2.24, 2.45) is 5.73 Å². The summed E-state index contributed by atoms with van der Waals surface area (Å²) in [6.07, 6.45) is 1.07. The van der Waals surface area contributed by atoms with Gasteiger partial charge in [-0.25, -0.2) is 4.98 Å². The number of rotatable bonds is 1. The molecule has 4 heteroatoms. The molecule has 0 bridgehead atoms. The molecule has 1 fully saturated rings. The van der Waals surface area contributed by atoms with E-state index in [1.54, 1.807) is 11.3 Å². The second kappa shape index (κ2) is 3.26. The lowest BCUT2D eigenvalue weighted by Crippen LogP contribution is -2.36. The highest BCUT2D eigenvalue weighted by molar-refractivity contribution is 7.99. The second-order valence-electron chi connectivity index (χ2n) is 3.62. The molecule has 1 aliphatic heterocycles. The van der Waals surface area contributed by atoms with Crippen LogP contribution >= 0.6 is 23.1 Å². The van der Waals surface area contributed by atoms with Gasteiger partial charge in [0.05, 0.1) is 11.2 Å². The Morgan fingerprint density at radius 1 is 1.46 bits per heavy atom. The molecule has 1 atom stereocenters. The van der Waals surface area contributed by atoms with Crippen molar-refractivity contribution in [3.8, 4) is 0 Å². The maximum atomic E-state index is 6.29. The van der Waals surface area contributed by atoms with Crippen molar-refractivity contribution in [3.05, 3.63) is 15.6 Å². The Morgan fingerprint density at radius 2 is 2.23 bits per heavy atom. The van der Waals surface area contributed by atoms with E-state index in [9.17, 15) is 0 Å². The first-order valence-corrected chi connectivity index (χ1v) is 6.40. The third-order valence-corrected chi connectivity index (χ3v) is 5.01. The van der Waals surface area contributed by atoms with Gasteiger partial charge in [-0.2, -0.15) is 11.8 Å². The van der Waals surface area contributed by atoms with Crippen LogP contribution in [0.1, 0.15) is 22.0 Å². The first-order chi connectivity index (χ1) is 6.12. The molecule has 1 aromatic heterocycles. The summed E-state index contributed by atoms with van der Waals surface area (Å²) >= 11 is 3.69. The molecule has 0 radical (unpaired) electrons. The Kier molecular flexibility index (Phi) is 2.38. The Hall–Kier alpha value is -0.0600. The van der Waals surface area contributed by atoms with E-state index in [1.807, 2.05) is 11.8 Å². The van der Waals surface area contributed by atoms with Crippen LogP contribution in [0.25, 0.3) is 0 Å². The van der Waals surface area contributed by atoms with Gasteiger partial charge in [-0.05, 0) is 26.0 Å². The van der Waals surface area contributed by atoms with E-state index in [1.165, 1.54) is 10.6 Å². The van der Waals surface area contributed by atoms with Crippen LogP contribution in [0.3, 0.4) is 0 Å². The summed E-state index contributed by atoms with van der Waals surface area (Å²) in [6.45, 7) is 4.17. The monoisotopic (exact) mass is 214 g/mol. The number of thiazole rings is 1. The van der Waals surface area contributed by atoms with Gasteiger partial charge in [0.15, 0.2) is 0 Å². The zero-order valence-corrected chi connectivity index (χ0v) is 9.60. The van der Waals surface area contributed by atoms with Crippen LogP contribution in [0.4, 0.5) is 0 Å². The van der Waals surface area contributed by atoms with Gasteiger partial charge in [-0.15, -0.1) is 11.3 Å². The van der Waals surface area contributed by atoms with E-state index in [0.717, 1.165) is 22.9 Å². The first kappa shape index (κ1) is 9.49. The van der Waals surface area contributed by atoms with Gasteiger partial charge in [-0.3, -0.25) is 0 Å². The summed E-state index contributed by atoms with van der Waals surface area (Å²) in [4.78, 5) is 5.85. The standard InChI is InChI=1S/C9H14N2S2/c1-6-7(2)13-8(11-6)9(10)3-4-12-5-9/h3-5,10H2,1-2H3. The molecular formula is C9H14N2S2. The zero-order chi connectivity index (χ0) is 9.47. The minimum absolute atomic E-state index is 0.131. The van der Waals surface area contributed by atoms with Crippen LogP contribution in [0.5, 0.6) is 0 Å². The van der Waals surface area contributed by atoms with Crippen molar-refractivity contribution in [1.29, 1.82) is 0 Å². The fraction of sp³-hybridized carbons (Fsp3) is 0.667. The maximum Gasteiger partial charge on any atom is 0.114 e. The van der Waals surface area contributed by atoms with E-state index in [-0.39, 0.29) is 5.54 Å². The number of hydrogen-bond acceptors (Lipinski definition) is 4. The molecule has 72 valence electrons. The second-order valence-corrected chi connectivity index (χ2v) is 5.93. The van der Waals surface area contributed by atoms with Crippen molar-refractivity contribution in [2.75, 3.05) is 11.5 Å². The average molecular weight is 214 g/mol. The Morgan fingerprint density at radius 3 is 2.69 bits per heavy atom. The Bertz CT molecular complexity index is 294. The van der Waals surface area contributed by atoms with E-state index in [4.69, 9.17) is 5.73 Å². The molecule has 1 saturated heterocycles. The lowest BCUT2D eigenvalue weighted by molar-refractivity contribution is 0.505. The van der Waals surface area contributed by atoms with Crippen LogP contribution in [0.15, 0.2) is 0 Å². The van der Waals surface area contributed by atoms with Gasteiger partial charge >= 0.3 is 0 Å². The third kappa shape index (κ3) is 1.63. The molecule has 13 heavy (non-hydrogen) atoms. The molecule has 0 amide bonds. The summed E-state index contributed by atoms with van der Waals surface area (Å²) < 4.78 is 0. The summed E-state index contributed by atoms with van der Waals surface area (Å²) in [5.74, 6) is 2.20. The minimum Gasteiger partial charge on any atom is -0.319 e. The quantitative estimate of drug-likeness (QED) is 0.777. The molecule has 0 spiro atoms. The van der Waals surface area contributed by atoms with Gasteiger partial charge in [0.25, 0.3) is 0 Å². The summed E-state index contributed by atoms with van der Waals surface area (Å²) in [7, 11) is 0. The number of nitrogens with two attached hydrogens (primary N) is 1. The summed E-state index contributed by atoms with van der Waals surface area (Å²) in [5.41, 5.74) is 7.30. The van der Waals surface area contributed by atoms with Crippen LogP contribution < -0.4 is 5.73 Å². The molecule has 0 saturated carbocycles. The highest BCUT2D eigenvalue weighted by Gasteiger charge is 2.34. The van der Waals surface area contributed by atoms with Gasteiger partial charge in [0.2, 0.25) is 0 Å². The molecule has 2 N–H and O–H groups in total. The van der Waals surface area contributed by atoms with Gasteiger partial charge in [0, 0.05) is 10.6 Å². The normalized spacial score (nSPS) is 28.2. The van der Waals surface area contributed by atoms with Crippen LogP contribution in [-0.4, -0.2) is 16.5 Å². The van der Waals surface area contributed by atoms with Gasteiger partial charge < -0.3 is 5.73 Å². The third-order valence-electron chi connectivity index (χ3n) is 2.51. The van der Waals surface area contributed by atoms with Crippen molar-refractivity contribution >= 4 is 23.1 Å². The molecule has 1 unspecified atom stereocenters. The maximum absolute atomic E-state index is 6.29. The molecule has 1 aliphatic rings. The van der Waals surface area contributed by atoms with E-state index < -0.39 is 0 Å². The number of aromatic nitrogens is 1. The van der Waals surface area contributed by atoms with Crippen molar-refractivity contribution in [1.82, 2.24) is 4.98 Å². The van der Waals surface area contributed by atoms with Gasteiger partial charge in [-0.1, -0.05) is 0 Å². The molecule has 2 nitrogen and oxygen atoms in total.